The predicted molar refractivity (Wildman–Crippen MR) is 133 cm³/mol. The van der Waals surface area contributed by atoms with Crippen molar-refractivity contribution < 1.29 is 14.7 Å². The minimum absolute atomic E-state index is 0.0380. The Hall–Kier alpha value is -3.64. The number of hydrogen-bond donors (Lipinski definition) is 1. The number of allylic oxidation sites excluding steroid dienone is 4. The van der Waals surface area contributed by atoms with Crippen LogP contribution in [0.25, 0.3) is 6.08 Å². The summed E-state index contributed by atoms with van der Waals surface area (Å²) >= 11 is 6.73. The average molecular weight is 462 g/mol. The van der Waals surface area contributed by atoms with E-state index in [-0.39, 0.29) is 11.3 Å². The van der Waals surface area contributed by atoms with Crippen molar-refractivity contribution in [2.24, 2.45) is 5.10 Å². The van der Waals surface area contributed by atoms with E-state index in [1.165, 1.54) is 0 Å². The number of carbonyl (C=O) groups excluding carboxylic acids is 1. The molecule has 0 spiro atoms. The van der Waals surface area contributed by atoms with Crippen molar-refractivity contribution in [3.8, 4) is 0 Å². The molecule has 1 heterocycles. The maximum absolute atomic E-state index is 13.1. The summed E-state index contributed by atoms with van der Waals surface area (Å²) in [6.45, 7) is 0. The number of para-hydroxylation sites is 1. The number of amides is 1. The molecule has 1 aliphatic heterocycles. The van der Waals surface area contributed by atoms with Gasteiger partial charge in [0.25, 0.3) is 5.91 Å². The molecule has 0 unspecified atom stereocenters. The Kier molecular flexibility index (Phi) is 6.47. The van der Waals surface area contributed by atoms with Gasteiger partial charge >= 0.3 is 5.97 Å². The molecule has 1 amide bonds. The third-order valence-corrected chi connectivity index (χ3v) is 6.09. The summed E-state index contributed by atoms with van der Waals surface area (Å²) in [5.41, 5.74) is 4.11. The molecule has 7 heteroatoms. The van der Waals surface area contributed by atoms with Crippen molar-refractivity contribution >= 4 is 46.6 Å². The molecule has 2 aromatic rings. The van der Waals surface area contributed by atoms with E-state index in [0.717, 1.165) is 40.2 Å². The molecule has 0 bridgehead atoms. The topological polar surface area (TPSA) is 73.2 Å². The Labute approximate surface area is 197 Å². The zero-order valence-corrected chi connectivity index (χ0v) is 19.2. The molecule has 33 heavy (non-hydrogen) atoms. The van der Waals surface area contributed by atoms with Crippen molar-refractivity contribution in [1.82, 2.24) is 0 Å². The molecule has 6 nitrogen and oxygen atoms in total. The van der Waals surface area contributed by atoms with Crippen LogP contribution in [0.3, 0.4) is 0 Å². The minimum atomic E-state index is -1.25. The van der Waals surface area contributed by atoms with Gasteiger partial charge in [0, 0.05) is 24.8 Å². The molecular weight excluding hydrogens is 438 g/mol. The molecule has 1 N–H and O–H groups in total. The first-order valence-electron chi connectivity index (χ1n) is 10.7. The van der Waals surface area contributed by atoms with Crippen LogP contribution in [-0.4, -0.2) is 36.8 Å². The van der Waals surface area contributed by atoms with Crippen LogP contribution in [0.1, 0.15) is 24.8 Å². The van der Waals surface area contributed by atoms with Crippen LogP contribution in [0.4, 0.5) is 11.4 Å². The maximum atomic E-state index is 13.1. The van der Waals surface area contributed by atoms with E-state index in [9.17, 15) is 14.7 Å². The highest BCUT2D eigenvalue weighted by molar-refractivity contribution is 6.52. The lowest BCUT2D eigenvalue weighted by molar-refractivity contribution is -0.129. The summed E-state index contributed by atoms with van der Waals surface area (Å²) < 4.78 is 0. The molecule has 0 fully saturated rings. The lowest BCUT2D eigenvalue weighted by atomic mass is 9.91. The van der Waals surface area contributed by atoms with Gasteiger partial charge in [-0.2, -0.15) is 10.1 Å². The zero-order valence-electron chi connectivity index (χ0n) is 18.5. The van der Waals surface area contributed by atoms with E-state index in [4.69, 9.17) is 11.6 Å². The fourth-order valence-corrected chi connectivity index (χ4v) is 4.16. The molecule has 1 aliphatic carbocycles. The van der Waals surface area contributed by atoms with Crippen molar-refractivity contribution in [1.29, 1.82) is 0 Å². The summed E-state index contributed by atoms with van der Waals surface area (Å²) in [6, 6.07) is 16.9. The number of hydrazone groups is 1. The standard InChI is InChI=1S/C26H24ClN3O3/c1-29(2)20-13-11-17(12-14-20)15-18-7-6-8-19(23(18)27)16-22-24(26(32)33)28-30(25(22)31)21-9-4-3-5-10-21/h3-5,9-16H,6-8H2,1-2H3,(H,32,33)/b18-15+,22-16-. The van der Waals surface area contributed by atoms with Gasteiger partial charge in [-0.25, -0.2) is 4.79 Å². The Morgan fingerprint density at radius 2 is 1.76 bits per heavy atom. The number of hydrogen-bond acceptors (Lipinski definition) is 4. The van der Waals surface area contributed by atoms with Crippen molar-refractivity contribution in [3.63, 3.8) is 0 Å². The number of carboxylic acids is 1. The smallest absolute Gasteiger partial charge is 0.357 e. The van der Waals surface area contributed by atoms with E-state index in [2.05, 4.69) is 5.10 Å². The van der Waals surface area contributed by atoms with Gasteiger partial charge in [-0.15, -0.1) is 0 Å². The Morgan fingerprint density at radius 3 is 2.39 bits per heavy atom. The number of carboxylic acid groups (broad SMARTS) is 1. The van der Waals surface area contributed by atoms with Crippen LogP contribution < -0.4 is 9.91 Å². The van der Waals surface area contributed by atoms with Gasteiger partial charge in [-0.1, -0.05) is 48.0 Å². The van der Waals surface area contributed by atoms with Crippen LogP contribution in [0.15, 0.2) is 87.5 Å². The lowest BCUT2D eigenvalue weighted by Gasteiger charge is -2.18. The molecule has 2 aromatic carbocycles. The fourth-order valence-electron chi connectivity index (χ4n) is 3.86. The molecule has 0 saturated carbocycles. The summed E-state index contributed by atoms with van der Waals surface area (Å²) in [6.07, 6.45) is 5.95. The number of nitrogens with zero attached hydrogens (tertiary/aromatic N) is 3. The van der Waals surface area contributed by atoms with Crippen LogP contribution in [0.2, 0.25) is 0 Å². The first-order valence-corrected chi connectivity index (χ1v) is 11.0. The monoisotopic (exact) mass is 461 g/mol. The van der Waals surface area contributed by atoms with Crippen LogP contribution >= 0.6 is 11.6 Å². The Balaban J connectivity index is 1.68. The molecule has 0 saturated heterocycles. The van der Waals surface area contributed by atoms with Gasteiger partial charge in [-0.05, 0) is 66.3 Å². The first-order chi connectivity index (χ1) is 15.8. The first kappa shape index (κ1) is 22.6. The molecule has 0 aromatic heterocycles. The fraction of sp³-hybridized carbons (Fsp3) is 0.192. The third kappa shape index (κ3) is 4.76. The second-order valence-electron chi connectivity index (χ2n) is 8.11. The molecule has 0 radical (unpaired) electrons. The molecule has 0 atom stereocenters. The quantitative estimate of drug-likeness (QED) is 0.619. The van der Waals surface area contributed by atoms with Crippen molar-refractivity contribution in [2.45, 2.75) is 19.3 Å². The number of anilines is 2. The second kappa shape index (κ2) is 9.46. The van der Waals surface area contributed by atoms with Crippen LogP contribution in [0, 0.1) is 0 Å². The van der Waals surface area contributed by atoms with E-state index >= 15 is 0 Å². The van der Waals surface area contributed by atoms with Crippen LogP contribution in [-0.2, 0) is 9.59 Å². The highest BCUT2D eigenvalue weighted by Gasteiger charge is 2.35. The van der Waals surface area contributed by atoms with E-state index in [0.29, 0.717) is 17.1 Å². The molecular formula is C26H24ClN3O3. The van der Waals surface area contributed by atoms with Crippen molar-refractivity contribution in [3.05, 3.63) is 88.0 Å². The number of halogens is 1. The Morgan fingerprint density at radius 1 is 1.06 bits per heavy atom. The summed E-state index contributed by atoms with van der Waals surface area (Å²) in [5.74, 6) is -1.73. The van der Waals surface area contributed by atoms with Gasteiger partial charge in [0.15, 0.2) is 5.71 Å². The van der Waals surface area contributed by atoms with Gasteiger partial charge in [0.1, 0.15) is 0 Å². The summed E-state index contributed by atoms with van der Waals surface area (Å²) in [4.78, 5) is 26.9. The number of benzene rings is 2. The maximum Gasteiger partial charge on any atom is 0.357 e. The van der Waals surface area contributed by atoms with E-state index in [1.807, 2.05) is 55.4 Å². The number of carbonyl (C=O) groups is 2. The summed E-state index contributed by atoms with van der Waals surface area (Å²) in [7, 11) is 3.98. The highest BCUT2D eigenvalue weighted by atomic mass is 35.5. The Bertz CT molecular complexity index is 1210. The van der Waals surface area contributed by atoms with E-state index in [1.54, 1.807) is 30.3 Å². The average Bonchev–Trinajstić information content (AvgIpc) is 3.14. The predicted octanol–water partition coefficient (Wildman–Crippen LogP) is 5.23. The zero-order chi connectivity index (χ0) is 23.5. The normalized spacial score (nSPS) is 18.8. The highest BCUT2D eigenvalue weighted by Crippen LogP contribution is 2.36. The lowest BCUT2D eigenvalue weighted by Crippen LogP contribution is -2.22. The van der Waals surface area contributed by atoms with Gasteiger partial charge < -0.3 is 10.0 Å². The largest absolute Gasteiger partial charge is 0.476 e. The van der Waals surface area contributed by atoms with Gasteiger partial charge in [-0.3, -0.25) is 4.79 Å². The number of aliphatic carboxylic acids is 1. The molecule has 4 rings (SSSR count). The molecule has 168 valence electrons. The van der Waals surface area contributed by atoms with Crippen molar-refractivity contribution in [2.75, 3.05) is 24.0 Å². The number of rotatable bonds is 5. The SMILES string of the molecule is CN(C)c1ccc(/C=C2\CCCC(/C=C3\C(=O)N(c4ccccc4)N=C3C(=O)O)=C2Cl)cc1. The summed E-state index contributed by atoms with van der Waals surface area (Å²) in [5, 5.41) is 15.4. The molecule has 2 aliphatic rings. The van der Waals surface area contributed by atoms with E-state index < -0.39 is 11.9 Å². The van der Waals surface area contributed by atoms with Gasteiger partial charge in [0.2, 0.25) is 0 Å². The second-order valence-corrected chi connectivity index (χ2v) is 8.49. The third-order valence-electron chi connectivity index (χ3n) is 5.61. The van der Waals surface area contributed by atoms with Gasteiger partial charge in [0.05, 0.1) is 11.3 Å². The minimum Gasteiger partial charge on any atom is -0.476 e. The van der Waals surface area contributed by atoms with Crippen LogP contribution in [0.5, 0.6) is 0 Å².